The van der Waals surface area contributed by atoms with Gasteiger partial charge < -0.3 is 15.7 Å². The largest absolute Gasteiger partial charge is 0.481 e. The van der Waals surface area contributed by atoms with Crippen molar-refractivity contribution in [3.8, 4) is 0 Å². The second-order valence-corrected chi connectivity index (χ2v) is 5.77. The Morgan fingerprint density at radius 3 is 2.65 bits per heavy atom. The van der Waals surface area contributed by atoms with Crippen LogP contribution in [-0.4, -0.2) is 36.0 Å². The highest BCUT2D eigenvalue weighted by Crippen LogP contribution is 2.29. The molecule has 2 fully saturated rings. The Kier molecular flexibility index (Phi) is 4.98. The molecule has 0 aromatic rings. The molecule has 112 valence electrons. The minimum atomic E-state index is -0.756. The summed E-state index contributed by atoms with van der Waals surface area (Å²) in [5, 5.41) is 14.7. The lowest BCUT2D eigenvalue weighted by Crippen LogP contribution is -2.45. The van der Waals surface area contributed by atoms with Crippen molar-refractivity contribution >= 4 is 17.8 Å². The summed E-state index contributed by atoms with van der Waals surface area (Å²) < 4.78 is 0. The SMILES string of the molecule is O=C1CCC(C(=O)NCC2CCCCC2C(=O)O)CN1. The summed E-state index contributed by atoms with van der Waals surface area (Å²) >= 11 is 0. The summed E-state index contributed by atoms with van der Waals surface area (Å²) in [6.07, 6.45) is 4.51. The van der Waals surface area contributed by atoms with E-state index in [-0.39, 0.29) is 29.6 Å². The first-order valence-corrected chi connectivity index (χ1v) is 7.35. The van der Waals surface area contributed by atoms with Crippen molar-refractivity contribution in [2.75, 3.05) is 13.1 Å². The molecule has 2 rings (SSSR count). The lowest BCUT2D eigenvalue weighted by atomic mass is 9.79. The minimum Gasteiger partial charge on any atom is -0.481 e. The van der Waals surface area contributed by atoms with Crippen LogP contribution < -0.4 is 10.6 Å². The maximum atomic E-state index is 12.0. The fourth-order valence-electron chi connectivity index (χ4n) is 3.11. The van der Waals surface area contributed by atoms with E-state index in [2.05, 4.69) is 10.6 Å². The highest BCUT2D eigenvalue weighted by molar-refractivity contribution is 5.83. The summed E-state index contributed by atoms with van der Waals surface area (Å²) in [5.74, 6) is -1.32. The molecule has 6 heteroatoms. The number of hydrogen-bond donors (Lipinski definition) is 3. The lowest BCUT2D eigenvalue weighted by Gasteiger charge is -2.29. The summed E-state index contributed by atoms with van der Waals surface area (Å²) in [6.45, 7) is 0.817. The average Bonchev–Trinajstić information content (AvgIpc) is 2.45. The van der Waals surface area contributed by atoms with E-state index in [0.29, 0.717) is 32.4 Å². The molecule has 0 bridgehead atoms. The van der Waals surface area contributed by atoms with Gasteiger partial charge in [0.2, 0.25) is 11.8 Å². The predicted molar refractivity (Wildman–Crippen MR) is 71.8 cm³/mol. The van der Waals surface area contributed by atoms with E-state index in [1.807, 2.05) is 0 Å². The Morgan fingerprint density at radius 2 is 2.00 bits per heavy atom. The zero-order valence-electron chi connectivity index (χ0n) is 11.6. The Bertz CT molecular complexity index is 387. The standard InChI is InChI=1S/C14H22N2O4/c17-12-6-5-10(8-15-12)13(18)16-7-9-3-1-2-4-11(9)14(19)20/h9-11H,1-8H2,(H,15,17)(H,16,18)(H,19,20). The van der Waals surface area contributed by atoms with Gasteiger partial charge in [-0.15, -0.1) is 0 Å². The molecule has 1 heterocycles. The molecule has 0 spiro atoms. The van der Waals surface area contributed by atoms with Crippen LogP contribution >= 0.6 is 0 Å². The van der Waals surface area contributed by atoms with Crippen LogP contribution in [-0.2, 0) is 14.4 Å². The highest BCUT2D eigenvalue weighted by Gasteiger charge is 2.32. The number of carbonyl (C=O) groups is 3. The molecule has 3 atom stereocenters. The summed E-state index contributed by atoms with van der Waals surface area (Å²) in [6, 6.07) is 0. The molecule has 20 heavy (non-hydrogen) atoms. The third-order valence-corrected chi connectivity index (χ3v) is 4.40. The van der Waals surface area contributed by atoms with Crippen molar-refractivity contribution in [2.24, 2.45) is 17.8 Å². The van der Waals surface area contributed by atoms with Gasteiger partial charge in [0.1, 0.15) is 0 Å². The Labute approximate surface area is 118 Å². The van der Waals surface area contributed by atoms with Crippen molar-refractivity contribution in [3.63, 3.8) is 0 Å². The molecule has 1 aliphatic heterocycles. The first-order chi connectivity index (χ1) is 9.58. The first-order valence-electron chi connectivity index (χ1n) is 7.35. The number of carbonyl (C=O) groups excluding carboxylic acids is 2. The van der Waals surface area contributed by atoms with Crippen molar-refractivity contribution < 1.29 is 19.5 Å². The van der Waals surface area contributed by atoms with E-state index in [0.717, 1.165) is 19.3 Å². The topological polar surface area (TPSA) is 95.5 Å². The number of hydrogen-bond acceptors (Lipinski definition) is 3. The van der Waals surface area contributed by atoms with Crippen LogP contribution in [0.25, 0.3) is 0 Å². The Balaban J connectivity index is 1.79. The number of carboxylic acid groups (broad SMARTS) is 1. The average molecular weight is 282 g/mol. The molecule has 2 amide bonds. The van der Waals surface area contributed by atoms with Crippen molar-refractivity contribution in [2.45, 2.75) is 38.5 Å². The Morgan fingerprint density at radius 1 is 1.25 bits per heavy atom. The molecular formula is C14H22N2O4. The van der Waals surface area contributed by atoms with Crippen LogP contribution in [0.2, 0.25) is 0 Å². The first kappa shape index (κ1) is 14.8. The molecule has 0 aromatic carbocycles. The van der Waals surface area contributed by atoms with E-state index in [1.54, 1.807) is 0 Å². The van der Waals surface area contributed by atoms with Gasteiger partial charge in [0.25, 0.3) is 0 Å². The summed E-state index contributed by atoms with van der Waals surface area (Å²) in [5.41, 5.74) is 0. The second kappa shape index (κ2) is 6.72. The van der Waals surface area contributed by atoms with E-state index in [1.165, 1.54) is 0 Å². The van der Waals surface area contributed by atoms with Crippen molar-refractivity contribution in [3.05, 3.63) is 0 Å². The van der Waals surface area contributed by atoms with Gasteiger partial charge in [0, 0.05) is 19.5 Å². The second-order valence-electron chi connectivity index (χ2n) is 5.77. The summed E-state index contributed by atoms with van der Waals surface area (Å²) in [4.78, 5) is 34.2. The zero-order chi connectivity index (χ0) is 14.5. The molecule has 1 saturated carbocycles. The molecule has 1 saturated heterocycles. The predicted octanol–water partition coefficient (Wildman–Crippen LogP) is 0.520. The monoisotopic (exact) mass is 282 g/mol. The van der Waals surface area contributed by atoms with Crippen LogP contribution in [0.15, 0.2) is 0 Å². The molecule has 3 N–H and O–H groups in total. The smallest absolute Gasteiger partial charge is 0.306 e. The molecule has 2 aliphatic rings. The van der Waals surface area contributed by atoms with Gasteiger partial charge in [-0.05, 0) is 25.2 Å². The van der Waals surface area contributed by atoms with Gasteiger partial charge in [-0.2, -0.15) is 0 Å². The fourth-order valence-corrected chi connectivity index (χ4v) is 3.11. The fraction of sp³-hybridized carbons (Fsp3) is 0.786. The van der Waals surface area contributed by atoms with Gasteiger partial charge in [-0.1, -0.05) is 12.8 Å². The third-order valence-electron chi connectivity index (χ3n) is 4.40. The number of amides is 2. The lowest BCUT2D eigenvalue weighted by molar-refractivity contribution is -0.145. The maximum Gasteiger partial charge on any atom is 0.306 e. The van der Waals surface area contributed by atoms with E-state index in [4.69, 9.17) is 0 Å². The van der Waals surface area contributed by atoms with Gasteiger partial charge >= 0.3 is 5.97 Å². The summed E-state index contributed by atoms with van der Waals surface area (Å²) in [7, 11) is 0. The quantitative estimate of drug-likeness (QED) is 0.700. The number of carboxylic acids is 1. The van der Waals surface area contributed by atoms with Gasteiger partial charge in [-0.3, -0.25) is 14.4 Å². The third kappa shape index (κ3) is 3.71. The van der Waals surface area contributed by atoms with E-state index in [9.17, 15) is 19.5 Å². The molecular weight excluding hydrogens is 260 g/mol. The van der Waals surface area contributed by atoms with Crippen LogP contribution in [0.4, 0.5) is 0 Å². The van der Waals surface area contributed by atoms with Gasteiger partial charge in [0.05, 0.1) is 11.8 Å². The minimum absolute atomic E-state index is 0.00716. The van der Waals surface area contributed by atoms with Gasteiger partial charge in [-0.25, -0.2) is 0 Å². The van der Waals surface area contributed by atoms with Crippen molar-refractivity contribution in [1.29, 1.82) is 0 Å². The number of rotatable bonds is 4. The Hall–Kier alpha value is -1.59. The van der Waals surface area contributed by atoms with Crippen LogP contribution in [0, 0.1) is 17.8 Å². The number of aliphatic carboxylic acids is 1. The van der Waals surface area contributed by atoms with E-state index >= 15 is 0 Å². The van der Waals surface area contributed by atoms with E-state index < -0.39 is 5.97 Å². The van der Waals surface area contributed by atoms with Gasteiger partial charge in [0.15, 0.2) is 0 Å². The molecule has 3 unspecified atom stereocenters. The number of piperidine rings is 1. The maximum absolute atomic E-state index is 12.0. The van der Waals surface area contributed by atoms with Crippen molar-refractivity contribution in [1.82, 2.24) is 10.6 Å². The number of nitrogens with one attached hydrogen (secondary N) is 2. The van der Waals surface area contributed by atoms with Crippen LogP contribution in [0.5, 0.6) is 0 Å². The molecule has 1 aliphatic carbocycles. The van der Waals surface area contributed by atoms with Crippen LogP contribution in [0.3, 0.4) is 0 Å². The normalized spacial score (nSPS) is 30.4. The van der Waals surface area contributed by atoms with Crippen LogP contribution in [0.1, 0.15) is 38.5 Å². The molecule has 0 radical (unpaired) electrons. The molecule has 0 aromatic heterocycles. The zero-order valence-corrected chi connectivity index (χ0v) is 11.6. The molecule has 6 nitrogen and oxygen atoms in total. The highest BCUT2D eigenvalue weighted by atomic mass is 16.4.